The highest BCUT2D eigenvalue weighted by atomic mass is 19.1. The molecule has 0 amide bonds. The lowest BCUT2D eigenvalue weighted by atomic mass is 10.2. The van der Waals surface area contributed by atoms with E-state index in [0.29, 0.717) is 0 Å². The number of carbonyl (C=O) groups excluding carboxylic acids is 1. The number of hydrogen-bond acceptors (Lipinski definition) is 5. The number of esters is 1. The Morgan fingerprint density at radius 1 is 1.43 bits per heavy atom. The number of rotatable bonds is 4. The van der Waals surface area contributed by atoms with E-state index >= 15 is 0 Å². The highest BCUT2D eigenvalue weighted by molar-refractivity contribution is 5.96. The molecule has 0 aliphatic carbocycles. The topological polar surface area (TPSA) is 90.3 Å². The minimum absolute atomic E-state index is 0.00481. The number of methoxy groups -OCH3 is 1. The Hall–Kier alpha value is -3.01. The smallest absolute Gasteiger partial charge is 0.357 e. The van der Waals surface area contributed by atoms with Crippen LogP contribution in [0.15, 0.2) is 24.4 Å². The number of nitrogen functional groups attached to an aromatic ring is 1. The van der Waals surface area contributed by atoms with Gasteiger partial charge in [-0.05, 0) is 26.0 Å². The Bertz CT molecular complexity index is 791. The summed E-state index contributed by atoms with van der Waals surface area (Å²) in [5.41, 5.74) is 5.67. The lowest BCUT2D eigenvalue weighted by Gasteiger charge is -2.17. The highest BCUT2D eigenvalue weighted by Crippen LogP contribution is 2.32. The molecule has 0 radical (unpaired) electrons. The number of nitrogens with two attached hydrogens (primary N) is 1. The van der Waals surface area contributed by atoms with Crippen LogP contribution < -0.4 is 10.5 Å². The number of nitrogens with zero attached hydrogens (tertiary/aromatic N) is 2. The normalized spacial score (nSPS) is 10.4. The minimum Gasteiger partial charge on any atom is -0.489 e. The second-order valence-corrected chi connectivity index (χ2v) is 5.03. The van der Waals surface area contributed by atoms with Crippen molar-refractivity contribution in [2.24, 2.45) is 0 Å². The average Bonchev–Trinajstić information content (AvgIpc) is 2.82. The molecule has 2 N–H and O–H groups in total. The molecule has 0 saturated heterocycles. The molecule has 2 aromatic rings. The van der Waals surface area contributed by atoms with Crippen LogP contribution in [-0.2, 0) is 4.74 Å². The zero-order valence-corrected chi connectivity index (χ0v) is 13.0. The van der Waals surface area contributed by atoms with E-state index in [9.17, 15) is 9.18 Å². The molecule has 0 bridgehead atoms. The van der Waals surface area contributed by atoms with Gasteiger partial charge in [0.15, 0.2) is 11.5 Å². The van der Waals surface area contributed by atoms with Gasteiger partial charge in [-0.3, -0.25) is 0 Å². The number of nitriles is 1. The maximum Gasteiger partial charge on any atom is 0.357 e. The lowest BCUT2D eigenvalue weighted by Crippen LogP contribution is -2.14. The molecule has 0 saturated carbocycles. The fourth-order valence-electron chi connectivity index (χ4n) is 2.17. The van der Waals surface area contributed by atoms with Gasteiger partial charge in [-0.25, -0.2) is 9.18 Å². The molecule has 0 unspecified atom stereocenters. The van der Waals surface area contributed by atoms with Crippen LogP contribution in [0, 0.1) is 17.1 Å². The largest absolute Gasteiger partial charge is 0.489 e. The number of aromatic nitrogens is 1. The van der Waals surface area contributed by atoms with Crippen molar-refractivity contribution in [1.82, 2.24) is 4.57 Å². The molecular weight excluding hydrogens is 301 g/mol. The number of benzene rings is 1. The van der Waals surface area contributed by atoms with Crippen molar-refractivity contribution >= 4 is 11.7 Å². The summed E-state index contributed by atoms with van der Waals surface area (Å²) in [4.78, 5) is 12.0. The van der Waals surface area contributed by atoms with Crippen molar-refractivity contribution in [3.05, 3.63) is 41.5 Å². The van der Waals surface area contributed by atoms with Gasteiger partial charge in [0, 0.05) is 6.20 Å². The Labute approximate surface area is 132 Å². The number of para-hydroxylation sites is 1. The van der Waals surface area contributed by atoms with Gasteiger partial charge < -0.3 is 19.8 Å². The third-order valence-electron chi connectivity index (χ3n) is 3.10. The summed E-state index contributed by atoms with van der Waals surface area (Å²) in [7, 11) is 1.18. The number of anilines is 1. The quantitative estimate of drug-likeness (QED) is 0.875. The van der Waals surface area contributed by atoms with E-state index in [1.807, 2.05) is 6.07 Å². The van der Waals surface area contributed by atoms with Crippen molar-refractivity contribution in [3.8, 4) is 17.5 Å². The fourth-order valence-corrected chi connectivity index (χ4v) is 2.17. The molecule has 1 aromatic carbocycles. The van der Waals surface area contributed by atoms with Crippen LogP contribution in [0.2, 0.25) is 0 Å². The fraction of sp³-hybridized carbons (Fsp3) is 0.250. The Morgan fingerprint density at radius 3 is 2.70 bits per heavy atom. The Kier molecular flexibility index (Phi) is 4.55. The van der Waals surface area contributed by atoms with Crippen molar-refractivity contribution in [2.75, 3.05) is 12.8 Å². The van der Waals surface area contributed by atoms with Crippen LogP contribution >= 0.6 is 0 Å². The molecule has 23 heavy (non-hydrogen) atoms. The zero-order valence-electron chi connectivity index (χ0n) is 13.0. The maximum atomic E-state index is 14.4. The van der Waals surface area contributed by atoms with Crippen LogP contribution in [0.25, 0.3) is 5.69 Å². The molecule has 120 valence electrons. The van der Waals surface area contributed by atoms with Gasteiger partial charge in [0.05, 0.1) is 24.5 Å². The van der Waals surface area contributed by atoms with E-state index < -0.39 is 11.8 Å². The van der Waals surface area contributed by atoms with Crippen LogP contribution in [0.5, 0.6) is 5.75 Å². The molecule has 0 fully saturated rings. The van der Waals surface area contributed by atoms with Gasteiger partial charge in [0.25, 0.3) is 0 Å². The first-order valence-electron chi connectivity index (χ1n) is 6.85. The zero-order chi connectivity index (χ0) is 17.1. The first-order chi connectivity index (χ1) is 10.9. The van der Waals surface area contributed by atoms with E-state index in [1.54, 1.807) is 19.9 Å². The molecule has 2 rings (SSSR count). The molecule has 6 nitrogen and oxygen atoms in total. The SMILES string of the molecule is COC(=O)c1c(N)c(C#N)cn1-c1c(F)cccc1OC(C)C. The summed E-state index contributed by atoms with van der Waals surface area (Å²) < 4.78 is 25.9. The third kappa shape index (κ3) is 2.97. The van der Waals surface area contributed by atoms with Crippen molar-refractivity contribution in [3.63, 3.8) is 0 Å². The number of carbonyl (C=O) groups is 1. The predicted molar refractivity (Wildman–Crippen MR) is 82.0 cm³/mol. The highest BCUT2D eigenvalue weighted by Gasteiger charge is 2.25. The van der Waals surface area contributed by atoms with E-state index in [2.05, 4.69) is 4.74 Å². The monoisotopic (exact) mass is 317 g/mol. The van der Waals surface area contributed by atoms with E-state index in [-0.39, 0.29) is 34.5 Å². The molecule has 0 spiro atoms. The van der Waals surface area contributed by atoms with Crippen LogP contribution in [0.3, 0.4) is 0 Å². The number of halogens is 1. The summed E-state index contributed by atoms with van der Waals surface area (Å²) in [5, 5.41) is 9.12. The Morgan fingerprint density at radius 2 is 2.13 bits per heavy atom. The average molecular weight is 317 g/mol. The molecule has 7 heteroatoms. The van der Waals surface area contributed by atoms with Crippen molar-refractivity contribution in [1.29, 1.82) is 5.26 Å². The summed E-state index contributed by atoms with van der Waals surface area (Å²) in [5.74, 6) is -1.17. The van der Waals surface area contributed by atoms with Gasteiger partial charge in [-0.15, -0.1) is 0 Å². The van der Waals surface area contributed by atoms with Crippen LogP contribution in [0.4, 0.5) is 10.1 Å². The first-order valence-corrected chi connectivity index (χ1v) is 6.85. The molecule has 0 atom stereocenters. The van der Waals surface area contributed by atoms with E-state index in [0.717, 1.165) is 0 Å². The van der Waals surface area contributed by atoms with Gasteiger partial charge in [-0.1, -0.05) is 6.07 Å². The molecule has 1 heterocycles. The van der Waals surface area contributed by atoms with Crippen molar-refractivity contribution in [2.45, 2.75) is 20.0 Å². The number of ether oxygens (including phenoxy) is 2. The third-order valence-corrected chi connectivity index (χ3v) is 3.10. The summed E-state index contributed by atoms with van der Waals surface area (Å²) >= 11 is 0. The van der Waals surface area contributed by atoms with Crippen LogP contribution in [-0.4, -0.2) is 23.8 Å². The van der Waals surface area contributed by atoms with Crippen molar-refractivity contribution < 1.29 is 18.7 Å². The van der Waals surface area contributed by atoms with Crippen LogP contribution in [0.1, 0.15) is 29.9 Å². The molecular formula is C16H16FN3O3. The summed E-state index contributed by atoms with van der Waals surface area (Å²) in [6, 6.07) is 6.16. The van der Waals surface area contributed by atoms with Gasteiger partial charge >= 0.3 is 5.97 Å². The van der Waals surface area contributed by atoms with Gasteiger partial charge in [0.2, 0.25) is 0 Å². The standard InChI is InChI=1S/C16H16FN3O3/c1-9(2)23-12-6-4-5-11(17)14(12)20-8-10(7-18)13(19)15(20)16(21)22-3/h4-6,8-9H,19H2,1-3H3. The Balaban J connectivity index is 2.77. The van der Waals surface area contributed by atoms with Gasteiger partial charge in [-0.2, -0.15) is 5.26 Å². The lowest BCUT2D eigenvalue weighted by molar-refractivity contribution is 0.0593. The molecule has 0 aliphatic rings. The molecule has 1 aromatic heterocycles. The number of hydrogen-bond donors (Lipinski definition) is 1. The second-order valence-electron chi connectivity index (χ2n) is 5.03. The van der Waals surface area contributed by atoms with E-state index in [4.69, 9.17) is 15.7 Å². The summed E-state index contributed by atoms with van der Waals surface area (Å²) in [6.45, 7) is 3.58. The summed E-state index contributed by atoms with van der Waals surface area (Å²) in [6.07, 6.45) is 1.08. The maximum absolute atomic E-state index is 14.4. The molecule has 0 aliphatic heterocycles. The predicted octanol–water partition coefficient (Wildman–Crippen LogP) is 2.64. The van der Waals surface area contributed by atoms with Gasteiger partial charge in [0.1, 0.15) is 17.5 Å². The van der Waals surface area contributed by atoms with E-state index in [1.165, 1.54) is 30.0 Å². The first kappa shape index (κ1) is 16.4. The minimum atomic E-state index is -0.775. The second kappa shape index (κ2) is 6.40.